The molecule has 1 saturated heterocycles. The Bertz CT molecular complexity index is 220. The van der Waals surface area contributed by atoms with Crippen LogP contribution in [0, 0.1) is 11.8 Å². The van der Waals surface area contributed by atoms with E-state index in [9.17, 15) is 0 Å². The Morgan fingerprint density at radius 2 is 1.67 bits per heavy atom. The second kappa shape index (κ2) is 5.16. The first-order valence-electron chi connectivity index (χ1n) is 6.66. The van der Waals surface area contributed by atoms with Crippen LogP contribution in [0.4, 0.5) is 0 Å². The number of rotatable bonds is 0. The lowest BCUT2D eigenvalue weighted by atomic mass is 9.77. The number of hydrogen-bond donors (Lipinski definition) is 1. The standard InChI is InChI=1S/C14H25N/c1-11-8-12(2)10-14(9-11)13-4-3-6-15-7-5-13/h11-12,15H,3-10H2,1-2H3. The van der Waals surface area contributed by atoms with Gasteiger partial charge in [-0.05, 0) is 63.5 Å². The van der Waals surface area contributed by atoms with Crippen LogP contribution >= 0.6 is 0 Å². The van der Waals surface area contributed by atoms with Crippen molar-refractivity contribution in [3.63, 3.8) is 0 Å². The maximum atomic E-state index is 3.50. The van der Waals surface area contributed by atoms with E-state index < -0.39 is 0 Å². The molecule has 1 heteroatoms. The molecule has 0 aromatic heterocycles. The van der Waals surface area contributed by atoms with Crippen LogP contribution in [-0.4, -0.2) is 13.1 Å². The van der Waals surface area contributed by atoms with Crippen molar-refractivity contribution in [1.29, 1.82) is 0 Å². The van der Waals surface area contributed by atoms with Crippen LogP contribution in [0.15, 0.2) is 11.1 Å². The monoisotopic (exact) mass is 207 g/mol. The number of nitrogens with one attached hydrogen (secondary N) is 1. The Kier molecular flexibility index (Phi) is 3.85. The predicted molar refractivity (Wildman–Crippen MR) is 65.9 cm³/mol. The van der Waals surface area contributed by atoms with Crippen LogP contribution in [-0.2, 0) is 0 Å². The summed E-state index contributed by atoms with van der Waals surface area (Å²) in [7, 11) is 0. The minimum atomic E-state index is 0.924. The zero-order valence-corrected chi connectivity index (χ0v) is 10.3. The Hall–Kier alpha value is -0.300. The van der Waals surface area contributed by atoms with E-state index in [1.165, 1.54) is 51.6 Å². The zero-order chi connectivity index (χ0) is 10.7. The molecule has 0 amide bonds. The van der Waals surface area contributed by atoms with E-state index in [1.807, 2.05) is 5.57 Å². The number of allylic oxidation sites excluding steroid dienone is 1. The molecule has 86 valence electrons. The smallest absolute Gasteiger partial charge is 0.00115 e. The fourth-order valence-corrected chi connectivity index (χ4v) is 3.34. The summed E-state index contributed by atoms with van der Waals surface area (Å²) >= 11 is 0. The summed E-state index contributed by atoms with van der Waals surface area (Å²) in [4.78, 5) is 0. The SMILES string of the molecule is CC1CC(=C2CCCNCC2)CC(C)C1. The van der Waals surface area contributed by atoms with Crippen molar-refractivity contribution in [2.45, 2.75) is 52.4 Å². The molecule has 15 heavy (non-hydrogen) atoms. The molecule has 1 heterocycles. The summed E-state index contributed by atoms with van der Waals surface area (Å²) in [5, 5.41) is 3.50. The third-order valence-electron chi connectivity index (χ3n) is 3.93. The van der Waals surface area contributed by atoms with Gasteiger partial charge in [0.2, 0.25) is 0 Å². The van der Waals surface area contributed by atoms with E-state index in [0.717, 1.165) is 11.8 Å². The third-order valence-corrected chi connectivity index (χ3v) is 3.93. The predicted octanol–water partition coefficient (Wildman–Crippen LogP) is 3.51. The summed E-state index contributed by atoms with van der Waals surface area (Å²) in [6.07, 6.45) is 8.24. The van der Waals surface area contributed by atoms with E-state index in [0.29, 0.717) is 0 Å². The number of hydrogen-bond acceptors (Lipinski definition) is 1. The molecule has 1 nitrogen and oxygen atoms in total. The lowest BCUT2D eigenvalue weighted by molar-refractivity contribution is 0.354. The van der Waals surface area contributed by atoms with Crippen LogP contribution in [0.25, 0.3) is 0 Å². The minimum absolute atomic E-state index is 0.924. The molecule has 2 unspecified atom stereocenters. The summed E-state index contributed by atoms with van der Waals surface area (Å²) in [5.41, 5.74) is 3.63. The molecule has 1 saturated carbocycles. The van der Waals surface area contributed by atoms with E-state index in [-0.39, 0.29) is 0 Å². The van der Waals surface area contributed by atoms with Gasteiger partial charge < -0.3 is 5.32 Å². The molecule has 2 rings (SSSR count). The molecule has 1 aliphatic heterocycles. The Labute approximate surface area is 94.3 Å². The van der Waals surface area contributed by atoms with Gasteiger partial charge >= 0.3 is 0 Å². The van der Waals surface area contributed by atoms with Gasteiger partial charge in [0, 0.05) is 0 Å². The summed E-state index contributed by atoms with van der Waals surface area (Å²) in [6, 6.07) is 0. The summed E-state index contributed by atoms with van der Waals surface area (Å²) < 4.78 is 0. The van der Waals surface area contributed by atoms with Crippen molar-refractivity contribution in [2.75, 3.05) is 13.1 Å². The first-order chi connectivity index (χ1) is 7.25. The highest BCUT2D eigenvalue weighted by molar-refractivity contribution is 5.18. The molecule has 1 N–H and O–H groups in total. The largest absolute Gasteiger partial charge is 0.316 e. The van der Waals surface area contributed by atoms with E-state index in [1.54, 1.807) is 5.57 Å². The Morgan fingerprint density at radius 1 is 0.933 bits per heavy atom. The van der Waals surface area contributed by atoms with Gasteiger partial charge in [0.25, 0.3) is 0 Å². The minimum Gasteiger partial charge on any atom is -0.316 e. The normalized spacial score (nSPS) is 34.0. The fourth-order valence-electron chi connectivity index (χ4n) is 3.34. The highest BCUT2D eigenvalue weighted by Crippen LogP contribution is 2.36. The van der Waals surface area contributed by atoms with Crippen molar-refractivity contribution in [2.24, 2.45) is 11.8 Å². The van der Waals surface area contributed by atoms with Crippen LogP contribution in [0.1, 0.15) is 52.4 Å². The molecule has 0 bridgehead atoms. The Morgan fingerprint density at radius 3 is 2.40 bits per heavy atom. The van der Waals surface area contributed by atoms with Gasteiger partial charge in [0.1, 0.15) is 0 Å². The van der Waals surface area contributed by atoms with Crippen molar-refractivity contribution in [3.05, 3.63) is 11.1 Å². The second-order valence-electron chi connectivity index (χ2n) is 5.66. The molecule has 1 aliphatic carbocycles. The second-order valence-corrected chi connectivity index (χ2v) is 5.66. The highest BCUT2D eigenvalue weighted by atomic mass is 14.8. The van der Waals surface area contributed by atoms with Gasteiger partial charge in [-0.25, -0.2) is 0 Å². The van der Waals surface area contributed by atoms with Crippen LogP contribution in [0.2, 0.25) is 0 Å². The van der Waals surface area contributed by atoms with Gasteiger partial charge in [-0.2, -0.15) is 0 Å². The lowest BCUT2D eigenvalue weighted by Gasteiger charge is -2.28. The van der Waals surface area contributed by atoms with Crippen molar-refractivity contribution in [1.82, 2.24) is 5.32 Å². The van der Waals surface area contributed by atoms with E-state index in [2.05, 4.69) is 19.2 Å². The van der Waals surface area contributed by atoms with Crippen molar-refractivity contribution >= 4 is 0 Å². The summed E-state index contributed by atoms with van der Waals surface area (Å²) in [5.74, 6) is 1.85. The first-order valence-corrected chi connectivity index (χ1v) is 6.66. The van der Waals surface area contributed by atoms with Crippen molar-refractivity contribution in [3.8, 4) is 0 Å². The van der Waals surface area contributed by atoms with Crippen LogP contribution in [0.5, 0.6) is 0 Å². The van der Waals surface area contributed by atoms with Crippen LogP contribution in [0.3, 0.4) is 0 Å². The molecule has 0 spiro atoms. The van der Waals surface area contributed by atoms with Gasteiger partial charge in [-0.15, -0.1) is 0 Å². The molecule has 2 fully saturated rings. The summed E-state index contributed by atoms with van der Waals surface area (Å²) in [6.45, 7) is 7.28. The van der Waals surface area contributed by atoms with E-state index >= 15 is 0 Å². The Balaban J connectivity index is 2.07. The molecule has 0 radical (unpaired) electrons. The molecule has 0 aromatic rings. The molecular weight excluding hydrogens is 182 g/mol. The zero-order valence-electron chi connectivity index (χ0n) is 10.3. The average molecular weight is 207 g/mol. The molecule has 2 aliphatic rings. The third kappa shape index (κ3) is 3.07. The maximum absolute atomic E-state index is 3.50. The van der Waals surface area contributed by atoms with Gasteiger partial charge in [0.15, 0.2) is 0 Å². The highest BCUT2D eigenvalue weighted by Gasteiger charge is 2.21. The topological polar surface area (TPSA) is 12.0 Å². The lowest BCUT2D eigenvalue weighted by Crippen LogP contribution is -2.15. The average Bonchev–Trinajstić information content (AvgIpc) is 2.43. The van der Waals surface area contributed by atoms with Gasteiger partial charge in [0.05, 0.1) is 0 Å². The molecular formula is C14H25N. The van der Waals surface area contributed by atoms with Gasteiger partial charge in [-0.3, -0.25) is 0 Å². The first kappa shape index (κ1) is 11.2. The molecule has 0 aromatic carbocycles. The van der Waals surface area contributed by atoms with Crippen LogP contribution < -0.4 is 5.32 Å². The molecule has 2 atom stereocenters. The van der Waals surface area contributed by atoms with Gasteiger partial charge in [-0.1, -0.05) is 25.0 Å². The fraction of sp³-hybridized carbons (Fsp3) is 0.857. The maximum Gasteiger partial charge on any atom is -0.00115 e. The van der Waals surface area contributed by atoms with Crippen molar-refractivity contribution < 1.29 is 0 Å². The van der Waals surface area contributed by atoms with E-state index in [4.69, 9.17) is 0 Å². The quantitative estimate of drug-likeness (QED) is 0.599.